The number of quaternary nitrogens is 1. The fraction of sp³-hybridized carbons (Fsp3) is 0.400. The molecule has 17 heavy (non-hydrogen) atoms. The van der Waals surface area contributed by atoms with Gasteiger partial charge in [-0.1, -0.05) is 6.07 Å². The van der Waals surface area contributed by atoms with E-state index in [0.717, 1.165) is 6.07 Å². The number of alkyl halides is 3. The molecule has 0 aliphatic heterocycles. The molecule has 0 atom stereocenters. The van der Waals surface area contributed by atoms with Crippen LogP contribution in [0.2, 0.25) is 0 Å². The van der Waals surface area contributed by atoms with Crippen molar-refractivity contribution in [2.45, 2.75) is 6.18 Å². The molecule has 0 radical (unpaired) electrons. The normalized spacial score (nSPS) is 10.7. The summed E-state index contributed by atoms with van der Waals surface area (Å²) in [6, 6.07) is 5.38. The second-order valence-corrected chi connectivity index (χ2v) is 4.06. The smallest absolute Gasteiger partial charge is 0.416 e. The van der Waals surface area contributed by atoms with Gasteiger partial charge in [0.05, 0.1) is 26.7 Å². The van der Waals surface area contributed by atoms with Crippen molar-refractivity contribution in [3.63, 3.8) is 0 Å². The minimum absolute atomic E-state index is 0. The van der Waals surface area contributed by atoms with Gasteiger partial charge in [-0.05, 0) is 12.1 Å². The van der Waals surface area contributed by atoms with Gasteiger partial charge in [0.15, 0.2) is 0 Å². The molecule has 0 spiro atoms. The third-order valence-corrected chi connectivity index (χ3v) is 1.95. The molecule has 0 aliphatic rings. The number of benzene rings is 1. The number of halogens is 5. The van der Waals surface area contributed by atoms with E-state index >= 15 is 0 Å². The molecule has 0 amide bonds. The first-order valence-electron chi connectivity index (χ1n) is 4.20. The summed E-state index contributed by atoms with van der Waals surface area (Å²) in [4.78, 5) is 0. The predicted octanol–water partition coefficient (Wildman–Crippen LogP) is 0.686. The third-order valence-electron chi connectivity index (χ3n) is 1.95. The molecular formula is C10H17F3I2N2. The first-order valence-corrected chi connectivity index (χ1v) is 4.20. The van der Waals surface area contributed by atoms with Gasteiger partial charge < -0.3 is 30.1 Å². The lowest BCUT2D eigenvalue weighted by atomic mass is 10.2. The van der Waals surface area contributed by atoms with Gasteiger partial charge in [-0.2, -0.15) is 13.2 Å². The molecule has 3 N–H and O–H groups in total. The van der Waals surface area contributed by atoms with Crippen molar-refractivity contribution >= 4 is 29.7 Å². The van der Waals surface area contributed by atoms with Gasteiger partial charge in [-0.3, -0.25) is 4.48 Å². The van der Waals surface area contributed by atoms with Crippen LogP contribution in [0.4, 0.5) is 18.9 Å². The highest BCUT2D eigenvalue weighted by Crippen LogP contribution is 2.32. The number of hydrogen-bond donors (Lipinski definition) is 1. The second kappa shape index (κ2) is 7.74. The summed E-state index contributed by atoms with van der Waals surface area (Å²) in [5, 5.41) is 0. The Morgan fingerprint density at radius 3 is 1.88 bits per heavy atom. The lowest BCUT2D eigenvalue weighted by Crippen LogP contribution is -3.00. The number of nitrogens with zero attached hydrogens (tertiary/aromatic N) is 1. The van der Waals surface area contributed by atoms with Crippen LogP contribution < -0.4 is 34.6 Å². The fourth-order valence-electron chi connectivity index (χ4n) is 1.10. The van der Waals surface area contributed by atoms with Crippen molar-refractivity contribution in [1.82, 2.24) is 10.6 Å². The molecular weight excluding hydrogens is 459 g/mol. The maximum absolute atomic E-state index is 12.3. The summed E-state index contributed by atoms with van der Waals surface area (Å²) in [7, 11) is 5.49. The van der Waals surface area contributed by atoms with E-state index in [9.17, 15) is 13.2 Å². The van der Waals surface area contributed by atoms with Crippen LogP contribution in [0.15, 0.2) is 24.3 Å². The Bertz CT molecular complexity index is 306. The highest BCUT2D eigenvalue weighted by molar-refractivity contribution is 14.0. The van der Waals surface area contributed by atoms with Gasteiger partial charge >= 0.3 is 6.18 Å². The van der Waals surface area contributed by atoms with Crippen LogP contribution in [-0.2, 0) is 6.18 Å². The molecule has 102 valence electrons. The summed E-state index contributed by atoms with van der Waals surface area (Å²) in [6.45, 7) is 0. The molecule has 7 heteroatoms. The van der Waals surface area contributed by atoms with Crippen molar-refractivity contribution < 1.29 is 37.1 Å². The highest BCUT2D eigenvalue weighted by atomic mass is 127. The topological polar surface area (TPSA) is 35.0 Å². The predicted molar refractivity (Wildman–Crippen MR) is 71.4 cm³/mol. The van der Waals surface area contributed by atoms with Gasteiger partial charge in [-0.15, -0.1) is 24.0 Å². The summed E-state index contributed by atoms with van der Waals surface area (Å²) in [6.07, 6.45) is -4.26. The average molecular weight is 476 g/mol. The Labute approximate surface area is 134 Å². The maximum Gasteiger partial charge on any atom is 0.416 e. The highest BCUT2D eigenvalue weighted by Gasteiger charge is 2.31. The second-order valence-electron chi connectivity index (χ2n) is 4.06. The van der Waals surface area contributed by atoms with Crippen molar-refractivity contribution in [3.05, 3.63) is 29.8 Å². The van der Waals surface area contributed by atoms with E-state index < -0.39 is 11.7 Å². The zero-order valence-corrected chi connectivity index (χ0v) is 14.4. The molecule has 1 rings (SSSR count). The molecule has 0 saturated heterocycles. The summed E-state index contributed by atoms with van der Waals surface area (Å²) in [5.41, 5.74) is 0.0443. The number of hydrogen-bond acceptors (Lipinski definition) is 1. The van der Waals surface area contributed by atoms with E-state index in [1.165, 1.54) is 12.1 Å². The van der Waals surface area contributed by atoms with Crippen LogP contribution in [0, 0.1) is 0 Å². The van der Waals surface area contributed by atoms with Crippen molar-refractivity contribution in [2.24, 2.45) is 0 Å². The van der Waals surface area contributed by atoms with E-state index in [1.54, 1.807) is 6.07 Å². The largest absolute Gasteiger partial charge is 1.00 e. The first kappa shape index (κ1) is 22.6. The third kappa shape index (κ3) is 6.77. The zero-order chi connectivity index (χ0) is 11.0. The Kier molecular flexibility index (Phi) is 10.3. The standard InChI is InChI=1S/C10H13F3N.2HI.H3N/c1-14(2,3)9-6-4-5-8(7-9)10(11,12)13;;;/h4-7H,1-3H3;2*1H;1H3/q+1;;;/p-1. The fourth-order valence-corrected chi connectivity index (χ4v) is 1.10. The van der Waals surface area contributed by atoms with Gasteiger partial charge in [0.1, 0.15) is 5.69 Å². The molecule has 0 unspecified atom stereocenters. The molecule has 1 aromatic rings. The monoisotopic (exact) mass is 476 g/mol. The van der Waals surface area contributed by atoms with Crippen LogP contribution in [0.25, 0.3) is 0 Å². The van der Waals surface area contributed by atoms with Gasteiger partial charge in [-0.25, -0.2) is 0 Å². The van der Waals surface area contributed by atoms with Gasteiger partial charge in [0.25, 0.3) is 0 Å². The van der Waals surface area contributed by atoms with E-state index in [0.29, 0.717) is 10.2 Å². The number of rotatable bonds is 1. The van der Waals surface area contributed by atoms with Crippen molar-refractivity contribution in [1.29, 1.82) is 0 Å². The van der Waals surface area contributed by atoms with Crippen molar-refractivity contribution in [2.75, 3.05) is 21.1 Å². The minimum atomic E-state index is -4.26. The van der Waals surface area contributed by atoms with Crippen LogP contribution >= 0.6 is 24.0 Å². The molecule has 0 bridgehead atoms. The van der Waals surface area contributed by atoms with E-state index in [1.807, 2.05) is 21.1 Å². The Morgan fingerprint density at radius 2 is 1.53 bits per heavy atom. The molecule has 0 fully saturated rings. The Balaban J connectivity index is -0.000000653. The SMILES string of the molecule is C[N+](C)(C)c1cccc(C(F)(F)F)c1.I.N.[I-]. The lowest BCUT2D eigenvalue weighted by molar-refractivity contribution is -0.137. The molecule has 0 aliphatic carbocycles. The van der Waals surface area contributed by atoms with Gasteiger partial charge in [0, 0.05) is 6.07 Å². The first-order chi connectivity index (χ1) is 6.21. The van der Waals surface area contributed by atoms with E-state index in [4.69, 9.17) is 0 Å². The molecule has 1 aromatic carbocycles. The van der Waals surface area contributed by atoms with Crippen LogP contribution in [0.3, 0.4) is 0 Å². The molecule has 0 aromatic heterocycles. The Hall–Kier alpha value is 0.390. The zero-order valence-electron chi connectivity index (χ0n) is 9.88. The van der Waals surface area contributed by atoms with E-state index in [-0.39, 0.29) is 54.1 Å². The summed E-state index contributed by atoms with van der Waals surface area (Å²) >= 11 is 0. The summed E-state index contributed by atoms with van der Waals surface area (Å²) in [5.74, 6) is 0. The maximum atomic E-state index is 12.3. The van der Waals surface area contributed by atoms with Crippen LogP contribution in [0.5, 0.6) is 0 Å². The molecule has 2 nitrogen and oxygen atoms in total. The van der Waals surface area contributed by atoms with Crippen LogP contribution in [-0.4, -0.2) is 21.1 Å². The lowest BCUT2D eigenvalue weighted by Gasteiger charge is -2.24. The Morgan fingerprint density at radius 1 is 1.06 bits per heavy atom. The average Bonchev–Trinajstić information content (AvgIpc) is 2.01. The van der Waals surface area contributed by atoms with Gasteiger partial charge in [0.2, 0.25) is 0 Å². The quantitative estimate of drug-likeness (QED) is 0.470. The molecule has 0 heterocycles. The summed E-state index contributed by atoms with van der Waals surface area (Å²) < 4.78 is 37.4. The molecule has 0 saturated carbocycles. The van der Waals surface area contributed by atoms with Crippen LogP contribution in [0.1, 0.15) is 5.56 Å². The van der Waals surface area contributed by atoms with E-state index in [2.05, 4.69) is 0 Å². The van der Waals surface area contributed by atoms with Crippen molar-refractivity contribution in [3.8, 4) is 0 Å². The minimum Gasteiger partial charge on any atom is -1.00 e.